The number of rotatable bonds is 10. The van der Waals surface area contributed by atoms with Crippen LogP contribution in [0.5, 0.6) is 0 Å². The van der Waals surface area contributed by atoms with E-state index in [0.717, 1.165) is 46.4 Å². The first-order valence-electron chi connectivity index (χ1n) is 12.1. The molecule has 0 heterocycles. The average molecular weight is 481 g/mol. The summed E-state index contributed by atoms with van der Waals surface area (Å²) in [6.45, 7) is 12.0. The van der Waals surface area contributed by atoms with Crippen LogP contribution in [0.1, 0.15) is 64.2 Å². The number of hydrogen-bond acceptors (Lipinski definition) is 3. The van der Waals surface area contributed by atoms with Crippen LogP contribution >= 0.6 is 11.8 Å². The Morgan fingerprint density at radius 2 is 1.79 bits per heavy atom. The van der Waals surface area contributed by atoms with Gasteiger partial charge in [-0.3, -0.25) is 4.79 Å². The predicted molar refractivity (Wildman–Crippen MR) is 144 cm³/mol. The van der Waals surface area contributed by atoms with Gasteiger partial charge < -0.3 is 10.2 Å². The third kappa shape index (κ3) is 6.39. The highest BCUT2D eigenvalue weighted by molar-refractivity contribution is 7.98. The molecule has 0 saturated heterocycles. The summed E-state index contributed by atoms with van der Waals surface area (Å²) in [5.74, 6) is -0.183. The fraction of sp³-hybridized carbons (Fsp3) is 0.414. The van der Waals surface area contributed by atoms with Gasteiger partial charge >= 0.3 is 0 Å². The molecule has 5 heteroatoms. The molecule has 0 fully saturated rings. The van der Waals surface area contributed by atoms with Gasteiger partial charge in [0.05, 0.1) is 6.42 Å². The van der Waals surface area contributed by atoms with E-state index in [-0.39, 0.29) is 24.2 Å². The van der Waals surface area contributed by atoms with Crippen molar-refractivity contribution in [2.24, 2.45) is 0 Å². The molecule has 1 aliphatic rings. The monoisotopic (exact) mass is 480 g/mol. The highest BCUT2D eigenvalue weighted by Gasteiger charge is 2.28. The van der Waals surface area contributed by atoms with Crippen molar-refractivity contribution in [3.8, 4) is 0 Å². The van der Waals surface area contributed by atoms with Crippen LogP contribution in [0.15, 0.2) is 52.9 Å². The Morgan fingerprint density at radius 1 is 1.09 bits per heavy atom. The van der Waals surface area contributed by atoms with Gasteiger partial charge in [0.2, 0.25) is 5.91 Å². The Morgan fingerprint density at radius 3 is 2.41 bits per heavy atom. The normalized spacial score (nSPS) is 14.4. The number of fused-ring (bicyclic) bond motifs is 1. The third-order valence-corrected chi connectivity index (χ3v) is 7.02. The number of carbonyl (C=O) groups excluding carboxylic acids is 1. The quantitative estimate of drug-likeness (QED) is 0.297. The molecule has 1 aliphatic carbocycles. The molecule has 182 valence electrons. The number of nitrogens with zero attached hydrogens (tertiary/aromatic N) is 1. The zero-order valence-corrected chi connectivity index (χ0v) is 22.1. The molecule has 0 bridgehead atoms. The number of benzene rings is 2. The van der Waals surface area contributed by atoms with E-state index in [2.05, 4.69) is 76.5 Å². The smallest absolute Gasteiger partial charge is 0.227 e. The maximum Gasteiger partial charge on any atom is 0.227 e. The van der Waals surface area contributed by atoms with Gasteiger partial charge in [0.1, 0.15) is 5.82 Å². The molecule has 0 unspecified atom stereocenters. The first-order chi connectivity index (χ1) is 16.2. The zero-order chi connectivity index (χ0) is 24.8. The van der Waals surface area contributed by atoms with Gasteiger partial charge in [-0.15, -0.1) is 11.8 Å². The molecule has 0 radical (unpaired) electrons. The minimum Gasteiger partial charge on any atom is -0.340 e. The minimum absolute atomic E-state index is 0.0923. The van der Waals surface area contributed by atoms with E-state index in [0.29, 0.717) is 12.6 Å². The first-order valence-corrected chi connectivity index (χ1v) is 13.3. The molecule has 1 amide bonds. The van der Waals surface area contributed by atoms with Crippen LogP contribution < -0.4 is 5.32 Å². The van der Waals surface area contributed by atoms with Gasteiger partial charge in [-0.05, 0) is 104 Å². The largest absolute Gasteiger partial charge is 0.340 e. The van der Waals surface area contributed by atoms with Crippen LogP contribution in [0, 0.1) is 5.82 Å². The van der Waals surface area contributed by atoms with Gasteiger partial charge in [0, 0.05) is 23.5 Å². The molecule has 0 aliphatic heterocycles. The molecule has 2 aromatic carbocycles. The molecule has 0 spiro atoms. The number of allylic oxidation sites excluding steroid dienone is 2. The van der Waals surface area contributed by atoms with Gasteiger partial charge in [-0.2, -0.15) is 0 Å². The number of nitrogens with one attached hydrogen (secondary N) is 1. The van der Waals surface area contributed by atoms with Crippen molar-refractivity contribution in [2.45, 2.75) is 64.4 Å². The Hall–Kier alpha value is -2.37. The van der Waals surface area contributed by atoms with Crippen molar-refractivity contribution >= 4 is 34.9 Å². The van der Waals surface area contributed by atoms with E-state index in [4.69, 9.17) is 0 Å². The fourth-order valence-electron chi connectivity index (χ4n) is 4.41. The topological polar surface area (TPSA) is 32.3 Å². The number of thioether (sulfide) groups is 1. The van der Waals surface area contributed by atoms with E-state index < -0.39 is 0 Å². The average Bonchev–Trinajstić information content (AvgIpc) is 3.04. The predicted octanol–water partition coefficient (Wildman–Crippen LogP) is 6.89. The lowest BCUT2D eigenvalue weighted by atomic mass is 10.0. The second-order valence-electron chi connectivity index (χ2n) is 9.44. The molecule has 0 aromatic heterocycles. The SMILES string of the molecule is CSc1ccc(/C=C2/C(C)=C(CC(=O)N(CCCNC(C)C)C(C)C)c3cc(F)ccc32)cc1. The van der Waals surface area contributed by atoms with Gasteiger partial charge in [-0.25, -0.2) is 4.39 Å². The summed E-state index contributed by atoms with van der Waals surface area (Å²) in [4.78, 5) is 16.6. The summed E-state index contributed by atoms with van der Waals surface area (Å²) in [5, 5.41) is 3.42. The molecule has 3 nitrogen and oxygen atoms in total. The highest BCUT2D eigenvalue weighted by Crippen LogP contribution is 2.44. The second kappa shape index (κ2) is 11.9. The van der Waals surface area contributed by atoms with Crippen molar-refractivity contribution in [1.82, 2.24) is 10.2 Å². The van der Waals surface area contributed by atoms with Crippen molar-refractivity contribution in [3.63, 3.8) is 0 Å². The summed E-state index contributed by atoms with van der Waals surface area (Å²) in [5.41, 5.74) is 5.96. The van der Waals surface area contributed by atoms with Gasteiger partial charge in [0.25, 0.3) is 0 Å². The number of amides is 1. The van der Waals surface area contributed by atoms with Crippen molar-refractivity contribution in [2.75, 3.05) is 19.3 Å². The third-order valence-electron chi connectivity index (χ3n) is 6.28. The molecule has 34 heavy (non-hydrogen) atoms. The van der Waals surface area contributed by atoms with Gasteiger partial charge in [-0.1, -0.05) is 32.0 Å². The van der Waals surface area contributed by atoms with Crippen molar-refractivity contribution < 1.29 is 9.18 Å². The molecule has 1 N–H and O–H groups in total. The van der Waals surface area contributed by atoms with Crippen LogP contribution in [0.4, 0.5) is 4.39 Å². The number of carbonyl (C=O) groups is 1. The fourth-order valence-corrected chi connectivity index (χ4v) is 4.82. The Bertz CT molecular complexity index is 1070. The van der Waals surface area contributed by atoms with Crippen LogP contribution in [0.3, 0.4) is 0 Å². The van der Waals surface area contributed by atoms with E-state index in [1.54, 1.807) is 17.8 Å². The van der Waals surface area contributed by atoms with Gasteiger partial charge in [0.15, 0.2) is 0 Å². The Balaban J connectivity index is 1.88. The van der Waals surface area contributed by atoms with Crippen LogP contribution in [0.2, 0.25) is 0 Å². The lowest BCUT2D eigenvalue weighted by Gasteiger charge is -2.27. The maximum atomic E-state index is 14.2. The number of hydrogen-bond donors (Lipinski definition) is 1. The lowest BCUT2D eigenvalue weighted by molar-refractivity contribution is -0.131. The van der Waals surface area contributed by atoms with Crippen LogP contribution in [0.25, 0.3) is 17.2 Å². The van der Waals surface area contributed by atoms with E-state index in [9.17, 15) is 9.18 Å². The van der Waals surface area contributed by atoms with E-state index in [1.807, 2.05) is 11.0 Å². The Kier molecular flexibility index (Phi) is 9.15. The molecule has 2 aromatic rings. The molecule has 0 saturated carbocycles. The second-order valence-corrected chi connectivity index (χ2v) is 10.3. The molecule has 3 rings (SSSR count). The number of halogens is 1. The highest BCUT2D eigenvalue weighted by atomic mass is 32.2. The summed E-state index contributed by atoms with van der Waals surface area (Å²) in [7, 11) is 0. The van der Waals surface area contributed by atoms with E-state index in [1.165, 1.54) is 11.0 Å². The zero-order valence-electron chi connectivity index (χ0n) is 21.2. The molecule has 0 atom stereocenters. The summed E-state index contributed by atoms with van der Waals surface area (Å²) >= 11 is 1.71. The molecular formula is C29H37FN2OS. The lowest BCUT2D eigenvalue weighted by Crippen LogP contribution is -2.39. The van der Waals surface area contributed by atoms with E-state index >= 15 is 0 Å². The summed E-state index contributed by atoms with van der Waals surface area (Å²) < 4.78 is 14.2. The Labute approximate surface area is 208 Å². The van der Waals surface area contributed by atoms with Crippen molar-refractivity contribution in [1.29, 1.82) is 0 Å². The summed E-state index contributed by atoms with van der Waals surface area (Å²) in [6.07, 6.45) is 5.39. The summed E-state index contributed by atoms with van der Waals surface area (Å²) in [6, 6.07) is 13.9. The van der Waals surface area contributed by atoms with Crippen molar-refractivity contribution in [3.05, 3.63) is 70.5 Å². The standard InChI is InChI=1S/C29H37FN2OS/c1-19(2)31-14-7-15-32(20(3)4)29(33)18-27-21(5)26(25-13-10-23(30)17-28(25)27)16-22-8-11-24(34-6)12-9-22/h8-13,16-17,19-20,31H,7,14-15,18H2,1-6H3/b26-16-. The van der Waals surface area contributed by atoms with Crippen LogP contribution in [-0.4, -0.2) is 42.2 Å². The minimum atomic E-state index is -0.275. The maximum absolute atomic E-state index is 14.2. The first kappa shape index (κ1) is 26.2. The van der Waals surface area contributed by atoms with Crippen LogP contribution in [-0.2, 0) is 4.79 Å². The molecular weight excluding hydrogens is 443 g/mol.